The minimum atomic E-state index is 0.981. The minimum Gasteiger partial charge on any atom is -0.269 e. The van der Waals surface area contributed by atoms with E-state index >= 15 is 0 Å². The predicted octanol–water partition coefficient (Wildman–Crippen LogP) is 3.23. The third-order valence-corrected chi connectivity index (χ3v) is 2.91. The zero-order chi connectivity index (χ0) is 12.3. The average molecular weight is 229 g/mol. The lowest BCUT2D eigenvalue weighted by Gasteiger charge is -2.02. The molecule has 2 aromatic rings. The molecule has 3 nitrogen and oxygen atoms in total. The van der Waals surface area contributed by atoms with Crippen molar-refractivity contribution in [3.05, 3.63) is 35.7 Å². The molecule has 0 amide bonds. The Bertz CT molecular complexity index is 500. The second kappa shape index (κ2) is 5.13. The fourth-order valence-corrected chi connectivity index (χ4v) is 2.02. The van der Waals surface area contributed by atoms with Crippen molar-refractivity contribution >= 4 is 0 Å². The molecule has 0 aliphatic carbocycles. The monoisotopic (exact) mass is 229 g/mol. The molecule has 0 aliphatic rings. The Balaban J connectivity index is 2.43. The molecule has 0 N–H and O–H groups in total. The van der Waals surface area contributed by atoms with Crippen LogP contribution in [-0.4, -0.2) is 14.8 Å². The van der Waals surface area contributed by atoms with E-state index in [1.54, 1.807) is 0 Å². The highest BCUT2D eigenvalue weighted by Gasteiger charge is 2.10. The van der Waals surface area contributed by atoms with Crippen molar-refractivity contribution in [3.63, 3.8) is 0 Å². The molecule has 0 saturated carbocycles. The third kappa shape index (κ3) is 2.38. The lowest BCUT2D eigenvalue weighted by atomic mass is 10.1. The van der Waals surface area contributed by atoms with Crippen molar-refractivity contribution in [2.24, 2.45) is 0 Å². The van der Waals surface area contributed by atoms with Crippen LogP contribution in [0.2, 0.25) is 0 Å². The van der Waals surface area contributed by atoms with Crippen LogP contribution >= 0.6 is 0 Å². The number of aryl methyl sites for hydroxylation is 3. The van der Waals surface area contributed by atoms with Crippen LogP contribution in [0.3, 0.4) is 0 Å². The Morgan fingerprint density at radius 3 is 2.76 bits per heavy atom. The van der Waals surface area contributed by atoms with Gasteiger partial charge >= 0.3 is 0 Å². The molecular weight excluding hydrogens is 210 g/mol. The Morgan fingerprint density at radius 1 is 1.29 bits per heavy atom. The van der Waals surface area contributed by atoms with E-state index in [4.69, 9.17) is 0 Å². The van der Waals surface area contributed by atoms with E-state index in [1.165, 1.54) is 11.3 Å². The molecule has 0 fully saturated rings. The number of aromatic nitrogens is 3. The first-order valence-electron chi connectivity index (χ1n) is 6.25. The van der Waals surface area contributed by atoms with Crippen LogP contribution in [0.4, 0.5) is 0 Å². The molecule has 0 spiro atoms. The molecule has 0 aliphatic heterocycles. The number of pyridine rings is 1. The summed E-state index contributed by atoms with van der Waals surface area (Å²) in [4.78, 5) is 4.42. The van der Waals surface area contributed by atoms with Gasteiger partial charge in [-0.25, -0.2) is 0 Å². The second-order valence-electron chi connectivity index (χ2n) is 4.27. The summed E-state index contributed by atoms with van der Waals surface area (Å²) in [6, 6.07) is 6.19. The second-order valence-corrected chi connectivity index (χ2v) is 4.27. The van der Waals surface area contributed by atoms with Gasteiger partial charge in [-0.1, -0.05) is 19.9 Å². The summed E-state index contributed by atoms with van der Waals surface area (Å²) < 4.78 is 2.10. The fraction of sp³-hybridized carbons (Fsp3) is 0.429. The van der Waals surface area contributed by atoms with Gasteiger partial charge in [0.2, 0.25) is 0 Å². The topological polar surface area (TPSA) is 30.7 Å². The van der Waals surface area contributed by atoms with Crippen molar-refractivity contribution < 1.29 is 0 Å². The van der Waals surface area contributed by atoms with Crippen molar-refractivity contribution in [2.45, 2.75) is 40.2 Å². The van der Waals surface area contributed by atoms with E-state index in [1.807, 2.05) is 12.3 Å². The van der Waals surface area contributed by atoms with Crippen LogP contribution in [-0.2, 0) is 13.0 Å². The van der Waals surface area contributed by atoms with Gasteiger partial charge < -0.3 is 0 Å². The summed E-state index contributed by atoms with van der Waals surface area (Å²) in [5.74, 6) is 0. The van der Waals surface area contributed by atoms with E-state index in [0.717, 1.165) is 30.8 Å². The maximum atomic E-state index is 4.66. The number of hydrogen-bond donors (Lipinski definition) is 0. The lowest BCUT2D eigenvalue weighted by Crippen LogP contribution is -2.03. The van der Waals surface area contributed by atoms with Crippen LogP contribution < -0.4 is 0 Å². The molecule has 2 aromatic heterocycles. The van der Waals surface area contributed by atoms with Gasteiger partial charge in [-0.15, -0.1) is 0 Å². The highest BCUT2D eigenvalue weighted by molar-refractivity contribution is 5.58. The van der Waals surface area contributed by atoms with Gasteiger partial charge in [-0.2, -0.15) is 5.10 Å². The van der Waals surface area contributed by atoms with E-state index in [-0.39, 0.29) is 0 Å². The quantitative estimate of drug-likeness (QED) is 0.806. The van der Waals surface area contributed by atoms with Gasteiger partial charge in [0.1, 0.15) is 5.69 Å². The summed E-state index contributed by atoms with van der Waals surface area (Å²) in [5, 5.41) is 4.66. The first-order chi connectivity index (χ1) is 8.26. The fourth-order valence-electron chi connectivity index (χ4n) is 2.02. The Morgan fingerprint density at radius 2 is 2.12 bits per heavy atom. The molecule has 2 rings (SSSR count). The van der Waals surface area contributed by atoms with Gasteiger partial charge in [-0.3, -0.25) is 9.67 Å². The Labute approximate surface area is 103 Å². The summed E-state index contributed by atoms with van der Waals surface area (Å²) >= 11 is 0. The molecule has 0 radical (unpaired) electrons. The largest absolute Gasteiger partial charge is 0.269 e. The number of nitrogens with zero attached hydrogens (tertiary/aromatic N) is 3. The number of rotatable bonds is 4. The molecule has 17 heavy (non-hydrogen) atoms. The average Bonchev–Trinajstić information content (AvgIpc) is 2.73. The first kappa shape index (κ1) is 11.8. The van der Waals surface area contributed by atoms with Crippen LogP contribution in [0.25, 0.3) is 11.4 Å². The molecule has 90 valence electrons. The molecule has 0 atom stereocenters. The SMILES string of the molecule is CCCn1nc(-c2ncccc2C)cc1CC. The van der Waals surface area contributed by atoms with Gasteiger partial charge in [0.05, 0.1) is 5.69 Å². The lowest BCUT2D eigenvalue weighted by molar-refractivity contribution is 0.578. The van der Waals surface area contributed by atoms with Crippen LogP contribution in [0, 0.1) is 6.92 Å². The zero-order valence-corrected chi connectivity index (χ0v) is 10.8. The molecule has 0 saturated heterocycles. The normalized spacial score (nSPS) is 10.8. The Kier molecular flexibility index (Phi) is 3.57. The highest BCUT2D eigenvalue weighted by Crippen LogP contribution is 2.20. The zero-order valence-electron chi connectivity index (χ0n) is 10.8. The molecule has 0 bridgehead atoms. The van der Waals surface area contributed by atoms with Gasteiger partial charge in [0.15, 0.2) is 0 Å². The van der Waals surface area contributed by atoms with E-state index < -0.39 is 0 Å². The van der Waals surface area contributed by atoms with Crippen LogP contribution in [0.1, 0.15) is 31.5 Å². The summed E-state index contributed by atoms with van der Waals surface area (Å²) in [7, 11) is 0. The molecular formula is C14H19N3. The maximum Gasteiger partial charge on any atom is 0.111 e. The molecule has 2 heterocycles. The van der Waals surface area contributed by atoms with Crippen LogP contribution in [0.15, 0.2) is 24.4 Å². The van der Waals surface area contributed by atoms with Crippen molar-refractivity contribution in [2.75, 3.05) is 0 Å². The highest BCUT2D eigenvalue weighted by atomic mass is 15.3. The van der Waals surface area contributed by atoms with E-state index in [0.29, 0.717) is 0 Å². The van der Waals surface area contributed by atoms with Crippen molar-refractivity contribution in [1.29, 1.82) is 0 Å². The minimum absolute atomic E-state index is 0.981. The smallest absolute Gasteiger partial charge is 0.111 e. The van der Waals surface area contributed by atoms with Crippen molar-refractivity contribution in [3.8, 4) is 11.4 Å². The van der Waals surface area contributed by atoms with Crippen molar-refractivity contribution in [1.82, 2.24) is 14.8 Å². The maximum absolute atomic E-state index is 4.66. The predicted molar refractivity (Wildman–Crippen MR) is 69.9 cm³/mol. The molecule has 0 unspecified atom stereocenters. The summed E-state index contributed by atoms with van der Waals surface area (Å²) in [6.07, 6.45) is 3.95. The Hall–Kier alpha value is -1.64. The summed E-state index contributed by atoms with van der Waals surface area (Å²) in [6.45, 7) is 7.40. The van der Waals surface area contributed by atoms with Gasteiger partial charge in [0, 0.05) is 18.4 Å². The molecule has 3 heteroatoms. The molecule has 0 aromatic carbocycles. The van der Waals surface area contributed by atoms with Crippen LogP contribution in [0.5, 0.6) is 0 Å². The standard InChI is InChI=1S/C14H19N3/c1-4-9-17-12(5-2)10-13(16-17)14-11(3)7-6-8-15-14/h6-8,10H,4-5,9H2,1-3H3. The number of hydrogen-bond acceptors (Lipinski definition) is 2. The first-order valence-corrected chi connectivity index (χ1v) is 6.25. The van der Waals surface area contributed by atoms with Gasteiger partial charge in [0.25, 0.3) is 0 Å². The van der Waals surface area contributed by atoms with Gasteiger partial charge in [-0.05, 0) is 37.5 Å². The third-order valence-electron chi connectivity index (χ3n) is 2.91. The van der Waals surface area contributed by atoms with E-state index in [2.05, 4.69) is 47.7 Å². The van der Waals surface area contributed by atoms with E-state index in [9.17, 15) is 0 Å². The summed E-state index contributed by atoms with van der Waals surface area (Å²) in [5.41, 5.74) is 4.45.